The number of carbonyl (C=O) groups excluding carboxylic acids is 1. The number of hydrogen-bond acceptors (Lipinski definition) is 3. The molecule has 0 aliphatic carbocycles. The van der Waals surface area contributed by atoms with Crippen LogP contribution < -0.4 is 4.74 Å². The first-order valence-corrected chi connectivity index (χ1v) is 12.3. The smallest absolute Gasteiger partial charge is 0.323 e. The fraction of sp³-hybridized carbons (Fsp3) is 0.286. The number of rotatable bonds is 9. The normalized spacial score (nSPS) is 16.3. The summed E-state index contributed by atoms with van der Waals surface area (Å²) >= 11 is 11.8. The number of carboxylic acids is 1. The summed E-state index contributed by atoms with van der Waals surface area (Å²) in [6, 6.07) is 17.6. The first-order valence-electron chi connectivity index (χ1n) is 11.6. The Hall–Kier alpha value is -3.09. The molecule has 1 aliphatic heterocycles. The molecule has 0 unspecified atom stereocenters. The van der Waals surface area contributed by atoms with E-state index < -0.39 is 17.4 Å². The summed E-state index contributed by atoms with van der Waals surface area (Å²) in [5.74, 6) is -1.06. The molecule has 5 nitrogen and oxygen atoms in total. The lowest BCUT2D eigenvalue weighted by molar-refractivity contribution is -0.144. The van der Waals surface area contributed by atoms with E-state index in [1.807, 2.05) is 37.3 Å². The van der Waals surface area contributed by atoms with E-state index in [4.69, 9.17) is 27.9 Å². The molecule has 0 radical (unpaired) electrons. The van der Waals surface area contributed by atoms with E-state index in [0.717, 1.165) is 28.0 Å². The number of ether oxygens (including phenoxy) is 1. The molecular weight excluding hydrogens is 504 g/mol. The summed E-state index contributed by atoms with van der Waals surface area (Å²) in [5.41, 5.74) is 2.90. The molecule has 0 fully saturated rings. The predicted octanol–water partition coefficient (Wildman–Crippen LogP) is 5.77. The van der Waals surface area contributed by atoms with Crippen molar-refractivity contribution in [2.45, 2.75) is 38.2 Å². The van der Waals surface area contributed by atoms with Crippen LogP contribution in [-0.2, 0) is 35.3 Å². The van der Waals surface area contributed by atoms with Gasteiger partial charge in [0.25, 0.3) is 0 Å². The van der Waals surface area contributed by atoms with Crippen LogP contribution in [0.5, 0.6) is 5.75 Å². The summed E-state index contributed by atoms with van der Waals surface area (Å²) < 4.78 is 20.1. The topological polar surface area (TPSA) is 66.8 Å². The molecule has 1 heterocycles. The number of aliphatic carboxylic acids is 1. The summed E-state index contributed by atoms with van der Waals surface area (Å²) in [5, 5.41) is 9.99. The zero-order valence-corrected chi connectivity index (χ0v) is 21.3. The van der Waals surface area contributed by atoms with Crippen molar-refractivity contribution < 1.29 is 23.8 Å². The summed E-state index contributed by atoms with van der Waals surface area (Å²) in [4.78, 5) is 25.8. The Kier molecular flexibility index (Phi) is 7.86. The van der Waals surface area contributed by atoms with Crippen LogP contribution in [0, 0.1) is 5.82 Å². The van der Waals surface area contributed by atoms with Crippen molar-refractivity contribution in [2.24, 2.45) is 0 Å². The second-order valence-electron chi connectivity index (χ2n) is 9.36. The maximum Gasteiger partial charge on any atom is 0.323 e. The number of halogens is 3. The molecule has 1 aliphatic rings. The second-order valence-corrected chi connectivity index (χ2v) is 10.2. The Morgan fingerprint density at radius 1 is 1.06 bits per heavy atom. The van der Waals surface area contributed by atoms with Gasteiger partial charge in [-0.1, -0.05) is 53.5 Å². The Morgan fingerprint density at radius 2 is 1.83 bits per heavy atom. The second kappa shape index (κ2) is 10.9. The van der Waals surface area contributed by atoms with Crippen LogP contribution in [0.1, 0.15) is 29.2 Å². The fourth-order valence-electron chi connectivity index (χ4n) is 4.56. The lowest BCUT2D eigenvalue weighted by atomic mass is 9.91. The summed E-state index contributed by atoms with van der Waals surface area (Å²) in [6.07, 6.45) is 1.68. The third kappa shape index (κ3) is 6.56. The van der Waals surface area contributed by atoms with Gasteiger partial charge < -0.3 is 14.7 Å². The number of benzene rings is 3. The van der Waals surface area contributed by atoms with Gasteiger partial charge in [0.1, 0.15) is 23.7 Å². The minimum atomic E-state index is -1.06. The molecular formula is C28H26Cl2FNO4. The van der Waals surface area contributed by atoms with E-state index in [1.54, 1.807) is 18.2 Å². The highest BCUT2D eigenvalue weighted by atomic mass is 35.5. The first kappa shape index (κ1) is 26.0. The average Bonchev–Trinajstić information content (AvgIpc) is 3.13. The molecule has 1 atom stereocenters. The zero-order chi connectivity index (χ0) is 25.9. The third-order valence-corrected chi connectivity index (χ3v) is 6.74. The van der Waals surface area contributed by atoms with Crippen molar-refractivity contribution in [2.75, 3.05) is 13.1 Å². The quantitative estimate of drug-likeness (QED) is 0.382. The van der Waals surface area contributed by atoms with Crippen molar-refractivity contribution in [3.8, 4) is 5.75 Å². The number of fused-ring (bicyclic) bond motifs is 1. The molecule has 0 bridgehead atoms. The number of carbonyl (C=O) groups is 2. The Balaban J connectivity index is 1.42. The SMILES string of the molecule is C[C@@]1(Cc2ccc(Cl)c(F)c2)Cc2cc(CC(=O)N(CCc3cccc(Cl)c3)CC(=O)O)ccc2O1. The minimum absolute atomic E-state index is 0.0786. The number of nitrogens with zero attached hydrogens (tertiary/aromatic N) is 1. The molecule has 0 spiro atoms. The predicted molar refractivity (Wildman–Crippen MR) is 137 cm³/mol. The average molecular weight is 530 g/mol. The van der Waals surface area contributed by atoms with Crippen LogP contribution in [0.2, 0.25) is 10.0 Å². The van der Waals surface area contributed by atoms with Crippen LogP contribution in [0.4, 0.5) is 4.39 Å². The Labute approximate surface area is 219 Å². The largest absolute Gasteiger partial charge is 0.487 e. The minimum Gasteiger partial charge on any atom is -0.487 e. The third-order valence-electron chi connectivity index (χ3n) is 6.20. The van der Waals surface area contributed by atoms with E-state index in [2.05, 4.69) is 0 Å². The standard InChI is InChI=1S/C28H26Cl2FNO4/c1-28(15-20-5-7-23(30)24(31)13-20)16-21-11-19(6-8-25(21)36-28)14-26(33)32(17-27(34)35)10-9-18-3-2-4-22(29)12-18/h2-8,11-13H,9-10,14-17H2,1H3,(H,34,35)/t28-/m1/s1. The monoisotopic (exact) mass is 529 g/mol. The van der Waals surface area contributed by atoms with Crippen molar-refractivity contribution in [1.29, 1.82) is 0 Å². The van der Waals surface area contributed by atoms with E-state index in [9.17, 15) is 19.1 Å². The number of hydrogen-bond donors (Lipinski definition) is 1. The van der Waals surface area contributed by atoms with Gasteiger partial charge in [-0.25, -0.2) is 4.39 Å². The molecule has 4 rings (SSSR count). The lowest BCUT2D eigenvalue weighted by Gasteiger charge is -2.24. The summed E-state index contributed by atoms with van der Waals surface area (Å²) in [6.45, 7) is 1.87. The van der Waals surface area contributed by atoms with Gasteiger partial charge >= 0.3 is 5.97 Å². The highest BCUT2D eigenvalue weighted by Crippen LogP contribution is 2.38. The molecule has 3 aromatic carbocycles. The summed E-state index contributed by atoms with van der Waals surface area (Å²) in [7, 11) is 0. The van der Waals surface area contributed by atoms with Gasteiger partial charge in [0.2, 0.25) is 5.91 Å². The van der Waals surface area contributed by atoms with E-state index >= 15 is 0 Å². The van der Waals surface area contributed by atoms with Crippen LogP contribution >= 0.6 is 23.2 Å². The van der Waals surface area contributed by atoms with Gasteiger partial charge in [0, 0.05) is 24.4 Å². The van der Waals surface area contributed by atoms with Crippen LogP contribution in [-0.4, -0.2) is 40.6 Å². The van der Waals surface area contributed by atoms with Crippen molar-refractivity contribution in [1.82, 2.24) is 4.90 Å². The molecule has 0 saturated carbocycles. The van der Waals surface area contributed by atoms with E-state index in [0.29, 0.717) is 24.3 Å². The van der Waals surface area contributed by atoms with Gasteiger partial charge in [-0.3, -0.25) is 9.59 Å². The Morgan fingerprint density at radius 3 is 2.56 bits per heavy atom. The zero-order valence-electron chi connectivity index (χ0n) is 19.8. The highest BCUT2D eigenvalue weighted by Gasteiger charge is 2.35. The maximum absolute atomic E-state index is 13.9. The highest BCUT2D eigenvalue weighted by molar-refractivity contribution is 6.31. The molecule has 0 saturated heterocycles. The first-order chi connectivity index (χ1) is 17.1. The van der Waals surface area contributed by atoms with Crippen molar-refractivity contribution in [3.05, 3.63) is 98.8 Å². The molecule has 0 aromatic heterocycles. The maximum atomic E-state index is 13.9. The van der Waals surface area contributed by atoms with Gasteiger partial charge in [-0.2, -0.15) is 0 Å². The molecule has 1 N–H and O–H groups in total. The van der Waals surface area contributed by atoms with Gasteiger partial charge in [-0.05, 0) is 65.9 Å². The van der Waals surface area contributed by atoms with Gasteiger partial charge in [0.05, 0.1) is 11.4 Å². The van der Waals surface area contributed by atoms with Gasteiger partial charge in [-0.15, -0.1) is 0 Å². The Bertz CT molecular complexity index is 1300. The van der Waals surface area contributed by atoms with Crippen LogP contribution in [0.3, 0.4) is 0 Å². The fourth-order valence-corrected chi connectivity index (χ4v) is 4.89. The molecule has 36 heavy (non-hydrogen) atoms. The molecule has 8 heteroatoms. The molecule has 1 amide bonds. The number of carboxylic acid groups (broad SMARTS) is 1. The molecule has 3 aromatic rings. The van der Waals surface area contributed by atoms with Crippen LogP contribution in [0.25, 0.3) is 0 Å². The van der Waals surface area contributed by atoms with Gasteiger partial charge in [0.15, 0.2) is 0 Å². The van der Waals surface area contributed by atoms with Crippen molar-refractivity contribution >= 4 is 35.1 Å². The molecule has 188 valence electrons. The van der Waals surface area contributed by atoms with E-state index in [-0.39, 0.29) is 30.4 Å². The number of amides is 1. The lowest BCUT2D eigenvalue weighted by Crippen LogP contribution is -2.38. The van der Waals surface area contributed by atoms with Crippen LogP contribution in [0.15, 0.2) is 60.7 Å². The van der Waals surface area contributed by atoms with Crippen molar-refractivity contribution in [3.63, 3.8) is 0 Å². The van der Waals surface area contributed by atoms with E-state index in [1.165, 1.54) is 17.0 Å².